The summed E-state index contributed by atoms with van der Waals surface area (Å²) in [6, 6.07) is 7.00. The third kappa shape index (κ3) is 0.710. The highest BCUT2D eigenvalue weighted by atomic mass is 19.1. The molecule has 0 unspecified atom stereocenters. The quantitative estimate of drug-likeness (QED) is 0.530. The van der Waals surface area contributed by atoms with E-state index in [0.717, 1.165) is 6.07 Å². The summed E-state index contributed by atoms with van der Waals surface area (Å²) >= 11 is 0. The Morgan fingerprint density at radius 1 is 1.62 bits per heavy atom. The first-order valence-corrected chi connectivity index (χ1v) is 2.07. The van der Waals surface area contributed by atoms with Gasteiger partial charge in [0.1, 0.15) is 0 Å². The van der Waals surface area contributed by atoms with E-state index in [-0.39, 0.29) is 0 Å². The highest BCUT2D eigenvalue weighted by Crippen LogP contribution is 2.07. The van der Waals surface area contributed by atoms with Gasteiger partial charge in [-0.15, -0.1) is 0 Å². The van der Waals surface area contributed by atoms with Crippen LogP contribution in [0.4, 0.5) is 4.39 Å². The molecule has 1 aromatic rings. The van der Waals surface area contributed by atoms with Gasteiger partial charge in [-0.3, -0.25) is 0 Å². The van der Waals surface area contributed by atoms with Crippen LogP contribution in [0.2, 0.25) is 0 Å². The second-order valence-corrected chi connectivity index (χ2v) is 1.30. The minimum atomic E-state index is -0.663. The van der Waals surface area contributed by atoms with Crippen molar-refractivity contribution in [2.75, 3.05) is 0 Å². The van der Waals surface area contributed by atoms with Gasteiger partial charge in [0, 0.05) is 0 Å². The molecule has 0 saturated heterocycles. The first-order chi connectivity index (χ1) is 3.80. The molecule has 0 radical (unpaired) electrons. The van der Waals surface area contributed by atoms with Crippen molar-refractivity contribution < 1.29 is 9.50 Å². The zero-order chi connectivity index (χ0) is 5.98. The van der Waals surface area contributed by atoms with E-state index in [1.807, 2.05) is 0 Å². The molecule has 0 bridgehead atoms. The van der Waals surface area contributed by atoms with Crippen LogP contribution in [0, 0.1) is 17.9 Å². The van der Waals surface area contributed by atoms with Crippen LogP contribution in [0.1, 0.15) is 0 Å². The van der Waals surface area contributed by atoms with Crippen molar-refractivity contribution in [1.82, 2.24) is 0 Å². The monoisotopic (exact) mass is 110 g/mol. The molecule has 1 N–H and O–H groups in total. The van der Waals surface area contributed by atoms with Crippen LogP contribution in [-0.2, 0) is 0 Å². The van der Waals surface area contributed by atoms with Crippen LogP contribution < -0.4 is 0 Å². The molecule has 0 fully saturated rings. The fraction of sp³-hybridized carbons (Fsp3) is 0. The van der Waals surface area contributed by atoms with Crippen molar-refractivity contribution in [2.45, 2.75) is 0 Å². The Labute approximate surface area is 46.4 Å². The molecule has 0 amide bonds. The lowest BCUT2D eigenvalue weighted by Crippen LogP contribution is -1.68. The van der Waals surface area contributed by atoms with E-state index < -0.39 is 11.6 Å². The summed E-state index contributed by atoms with van der Waals surface area (Å²) in [5.74, 6) is -1.14. The molecule has 40 valence electrons. The van der Waals surface area contributed by atoms with E-state index in [4.69, 9.17) is 5.11 Å². The lowest BCUT2D eigenvalue weighted by molar-refractivity contribution is 0.433. The minimum absolute atomic E-state index is 0.479. The minimum Gasteiger partial charge on any atom is -0.499 e. The van der Waals surface area contributed by atoms with Crippen molar-refractivity contribution in [2.24, 2.45) is 0 Å². The Bertz CT molecular complexity index is 165. The Hall–Kier alpha value is -1.23. The second-order valence-electron chi connectivity index (χ2n) is 1.30. The summed E-state index contributed by atoms with van der Waals surface area (Å²) in [4.78, 5) is 0. The zero-order valence-corrected chi connectivity index (χ0v) is 3.98. The second kappa shape index (κ2) is 1.71. The molecule has 8 heavy (non-hydrogen) atoms. The molecule has 1 aromatic carbocycles. The van der Waals surface area contributed by atoms with Gasteiger partial charge in [-0.2, -0.15) is 0 Å². The molecule has 0 aromatic heterocycles. The molecule has 1 nitrogen and oxygen atoms in total. The highest BCUT2D eigenvalue weighted by molar-refractivity contribution is 5.14. The van der Waals surface area contributed by atoms with Crippen LogP contribution in [-0.4, -0.2) is 5.11 Å². The normalized spacial score (nSPS) is 8.12. The summed E-state index contributed by atoms with van der Waals surface area (Å²) in [6.45, 7) is 0. The summed E-state index contributed by atoms with van der Waals surface area (Å²) in [5, 5.41) is 8.46. The Kier molecular flexibility index (Phi) is 1.05. The predicted molar refractivity (Wildman–Crippen MR) is 25.7 cm³/mol. The van der Waals surface area contributed by atoms with Gasteiger partial charge >= 0.3 is 0 Å². The van der Waals surface area contributed by atoms with Crippen molar-refractivity contribution in [3.05, 3.63) is 30.1 Å². The maximum atomic E-state index is 12.0. The predicted octanol–water partition coefficient (Wildman–Crippen LogP) is 1.13. The van der Waals surface area contributed by atoms with Gasteiger partial charge in [0.2, 0.25) is 5.75 Å². The fourth-order valence-corrected chi connectivity index (χ4v) is 0.363. The number of hydrogen-bond acceptors (Lipinski definition) is 1. The topological polar surface area (TPSA) is 20.2 Å². The molecule has 1 rings (SSSR count). The van der Waals surface area contributed by atoms with E-state index in [0.29, 0.717) is 0 Å². The van der Waals surface area contributed by atoms with Crippen molar-refractivity contribution >= 4 is 0 Å². The first kappa shape index (κ1) is 4.92. The molecule has 0 saturated carbocycles. The average Bonchev–Trinajstić information content (AvgIpc) is 1.77. The van der Waals surface area contributed by atoms with Gasteiger partial charge in [-0.1, -0.05) is 6.07 Å². The number of rotatable bonds is 0. The average molecular weight is 110 g/mol. The first-order valence-electron chi connectivity index (χ1n) is 2.07. The third-order valence-electron chi connectivity index (χ3n) is 0.730. The highest BCUT2D eigenvalue weighted by Gasteiger charge is 1.91. The Morgan fingerprint density at radius 3 is 2.75 bits per heavy atom. The van der Waals surface area contributed by atoms with E-state index in [1.165, 1.54) is 6.07 Å². The van der Waals surface area contributed by atoms with Gasteiger partial charge in [0.15, 0.2) is 5.82 Å². The molecule has 0 aliphatic rings. The van der Waals surface area contributed by atoms with Crippen LogP contribution in [0.3, 0.4) is 0 Å². The molecular weight excluding hydrogens is 107 g/mol. The van der Waals surface area contributed by atoms with Gasteiger partial charge in [0.25, 0.3) is 0 Å². The lowest BCUT2D eigenvalue weighted by atomic mass is 10.4. The maximum Gasteiger partial charge on any atom is 0.204 e. The van der Waals surface area contributed by atoms with Crippen molar-refractivity contribution in [1.29, 1.82) is 0 Å². The standard InChI is InChI=1S/C6H3FO/c7-5-3-1-2-4-6(5)8/h1,3,8H. The van der Waals surface area contributed by atoms with Gasteiger partial charge in [-0.05, 0) is 18.2 Å². The van der Waals surface area contributed by atoms with E-state index in [1.54, 1.807) is 0 Å². The third-order valence-corrected chi connectivity index (χ3v) is 0.730. The number of halogens is 1. The fourth-order valence-electron chi connectivity index (χ4n) is 0.363. The van der Waals surface area contributed by atoms with E-state index in [9.17, 15) is 4.39 Å². The molecular formula is C6H3FO. The van der Waals surface area contributed by atoms with Crippen molar-refractivity contribution in [3.63, 3.8) is 0 Å². The smallest absolute Gasteiger partial charge is 0.204 e. The lowest BCUT2D eigenvalue weighted by Gasteiger charge is -1.82. The molecule has 0 spiro atoms. The summed E-state index contributed by atoms with van der Waals surface area (Å²) < 4.78 is 12.0. The molecule has 0 heterocycles. The zero-order valence-electron chi connectivity index (χ0n) is 3.98. The van der Waals surface area contributed by atoms with Crippen LogP contribution in [0.15, 0.2) is 12.1 Å². The Morgan fingerprint density at radius 2 is 2.38 bits per heavy atom. The van der Waals surface area contributed by atoms with Crippen molar-refractivity contribution in [3.8, 4) is 5.75 Å². The molecule has 0 aliphatic carbocycles. The van der Waals surface area contributed by atoms with Crippen LogP contribution in [0.5, 0.6) is 5.75 Å². The summed E-state index contributed by atoms with van der Waals surface area (Å²) in [5.41, 5.74) is 0. The number of aromatic hydroxyl groups is 1. The molecule has 0 aliphatic heterocycles. The molecule has 2 heteroatoms. The summed E-state index contributed by atoms with van der Waals surface area (Å²) in [6.07, 6.45) is 0. The number of hydrogen-bond donors (Lipinski definition) is 1. The van der Waals surface area contributed by atoms with E-state index in [2.05, 4.69) is 12.1 Å². The maximum absolute atomic E-state index is 12.0. The van der Waals surface area contributed by atoms with Crippen LogP contribution >= 0.6 is 0 Å². The van der Waals surface area contributed by atoms with Crippen LogP contribution in [0.25, 0.3) is 0 Å². The van der Waals surface area contributed by atoms with Gasteiger partial charge in [-0.25, -0.2) is 4.39 Å². The summed E-state index contributed by atoms with van der Waals surface area (Å²) in [7, 11) is 0. The van der Waals surface area contributed by atoms with E-state index >= 15 is 0 Å². The SMILES string of the molecule is Oc1c#cccc1F. The van der Waals surface area contributed by atoms with Gasteiger partial charge < -0.3 is 5.11 Å². The molecule has 0 atom stereocenters. The van der Waals surface area contributed by atoms with Gasteiger partial charge in [0.05, 0.1) is 0 Å². The largest absolute Gasteiger partial charge is 0.499 e. The Balaban J connectivity index is 3.13.